The molecular weight excluding hydrogens is 232 g/mol. The lowest BCUT2D eigenvalue weighted by atomic mass is 9.84. The molecule has 0 radical (unpaired) electrons. The van der Waals surface area contributed by atoms with Crippen molar-refractivity contribution in [3.8, 4) is 0 Å². The van der Waals surface area contributed by atoms with Crippen LogP contribution in [-0.2, 0) is 0 Å². The second kappa shape index (κ2) is 7.64. The fraction of sp³-hybridized carbons (Fsp3) is 1.00. The van der Waals surface area contributed by atoms with E-state index in [0.717, 1.165) is 23.9 Å². The van der Waals surface area contributed by atoms with Gasteiger partial charge < -0.3 is 5.32 Å². The fourth-order valence-corrected chi connectivity index (χ4v) is 3.61. The van der Waals surface area contributed by atoms with Crippen LogP contribution in [0.2, 0.25) is 0 Å². The summed E-state index contributed by atoms with van der Waals surface area (Å²) in [6.45, 7) is 10.9. The quantitative estimate of drug-likeness (QED) is 0.721. The molecule has 112 valence electrons. The first kappa shape index (κ1) is 15.3. The first-order valence-electron chi connectivity index (χ1n) is 8.68. The molecule has 2 unspecified atom stereocenters. The van der Waals surface area contributed by atoms with Crippen molar-refractivity contribution < 1.29 is 0 Å². The zero-order valence-electron chi connectivity index (χ0n) is 13.3. The molecule has 0 heterocycles. The third kappa shape index (κ3) is 5.07. The molecule has 2 nitrogen and oxygen atoms in total. The summed E-state index contributed by atoms with van der Waals surface area (Å²) >= 11 is 0. The van der Waals surface area contributed by atoms with Crippen LogP contribution in [0, 0.1) is 11.8 Å². The van der Waals surface area contributed by atoms with Crippen molar-refractivity contribution in [3.05, 3.63) is 0 Å². The van der Waals surface area contributed by atoms with Gasteiger partial charge in [0.15, 0.2) is 0 Å². The molecule has 0 aromatic heterocycles. The summed E-state index contributed by atoms with van der Waals surface area (Å²) in [6.07, 6.45) is 9.91. The molecule has 1 N–H and O–H groups in total. The van der Waals surface area contributed by atoms with Crippen molar-refractivity contribution in [2.24, 2.45) is 11.8 Å². The molecule has 0 aliphatic heterocycles. The van der Waals surface area contributed by atoms with E-state index in [1.807, 2.05) is 0 Å². The van der Waals surface area contributed by atoms with Gasteiger partial charge in [-0.3, -0.25) is 4.90 Å². The molecule has 2 saturated carbocycles. The number of hydrogen-bond donors (Lipinski definition) is 1. The van der Waals surface area contributed by atoms with Crippen molar-refractivity contribution in [3.63, 3.8) is 0 Å². The lowest BCUT2D eigenvalue weighted by Crippen LogP contribution is -2.45. The Morgan fingerprint density at radius 3 is 2.47 bits per heavy atom. The monoisotopic (exact) mass is 266 g/mol. The number of rotatable bonds is 8. The average Bonchev–Trinajstić information content (AvgIpc) is 3.20. The van der Waals surface area contributed by atoms with Crippen LogP contribution in [0.5, 0.6) is 0 Å². The maximum Gasteiger partial charge on any atom is 0.0107 e. The minimum atomic E-state index is 0.794. The SMILES string of the molecule is CCCNC1CCCCC1CN(CC(C)C)C1CC1. The van der Waals surface area contributed by atoms with E-state index in [1.165, 1.54) is 64.6 Å². The molecule has 0 aromatic rings. The van der Waals surface area contributed by atoms with Crippen LogP contribution in [0.15, 0.2) is 0 Å². The molecule has 0 aromatic carbocycles. The van der Waals surface area contributed by atoms with Crippen LogP contribution in [0.1, 0.15) is 65.7 Å². The van der Waals surface area contributed by atoms with E-state index >= 15 is 0 Å². The lowest BCUT2D eigenvalue weighted by Gasteiger charge is -2.37. The average molecular weight is 266 g/mol. The molecule has 0 saturated heterocycles. The Kier molecular flexibility index (Phi) is 6.15. The van der Waals surface area contributed by atoms with Gasteiger partial charge in [-0.05, 0) is 50.5 Å². The summed E-state index contributed by atoms with van der Waals surface area (Å²) in [7, 11) is 0. The molecule has 2 atom stereocenters. The van der Waals surface area contributed by atoms with Crippen molar-refractivity contribution in [1.82, 2.24) is 10.2 Å². The summed E-state index contributed by atoms with van der Waals surface area (Å²) in [6, 6.07) is 1.72. The molecule has 2 aliphatic rings. The maximum absolute atomic E-state index is 3.81. The number of nitrogens with zero attached hydrogens (tertiary/aromatic N) is 1. The first-order chi connectivity index (χ1) is 9.20. The van der Waals surface area contributed by atoms with Gasteiger partial charge in [0, 0.05) is 25.2 Å². The van der Waals surface area contributed by atoms with Gasteiger partial charge in [-0.15, -0.1) is 0 Å². The minimum absolute atomic E-state index is 0.794. The fourth-order valence-electron chi connectivity index (χ4n) is 3.61. The summed E-state index contributed by atoms with van der Waals surface area (Å²) in [5.74, 6) is 1.71. The second-order valence-electron chi connectivity index (χ2n) is 7.18. The standard InChI is InChI=1S/C17H34N2/c1-4-11-18-17-8-6-5-7-15(17)13-19(12-14(2)3)16-9-10-16/h14-18H,4-13H2,1-3H3. The van der Waals surface area contributed by atoms with Crippen molar-refractivity contribution in [2.75, 3.05) is 19.6 Å². The van der Waals surface area contributed by atoms with Gasteiger partial charge in [-0.2, -0.15) is 0 Å². The third-order valence-electron chi connectivity index (χ3n) is 4.70. The number of hydrogen-bond acceptors (Lipinski definition) is 2. The molecule has 2 rings (SSSR count). The van der Waals surface area contributed by atoms with Crippen LogP contribution in [-0.4, -0.2) is 36.6 Å². The molecule has 0 bridgehead atoms. The van der Waals surface area contributed by atoms with Gasteiger partial charge >= 0.3 is 0 Å². The summed E-state index contributed by atoms with van der Waals surface area (Å²) in [5, 5.41) is 3.81. The first-order valence-corrected chi connectivity index (χ1v) is 8.68. The third-order valence-corrected chi connectivity index (χ3v) is 4.70. The lowest BCUT2D eigenvalue weighted by molar-refractivity contribution is 0.149. The van der Waals surface area contributed by atoms with Crippen LogP contribution in [0.3, 0.4) is 0 Å². The Bertz CT molecular complexity index is 248. The highest BCUT2D eigenvalue weighted by atomic mass is 15.2. The topological polar surface area (TPSA) is 15.3 Å². The summed E-state index contributed by atoms with van der Waals surface area (Å²) in [4.78, 5) is 2.81. The van der Waals surface area contributed by atoms with Gasteiger partial charge in [0.05, 0.1) is 0 Å². The van der Waals surface area contributed by atoms with E-state index in [0.29, 0.717) is 0 Å². The summed E-state index contributed by atoms with van der Waals surface area (Å²) < 4.78 is 0. The van der Waals surface area contributed by atoms with Gasteiger partial charge in [0.25, 0.3) is 0 Å². The van der Waals surface area contributed by atoms with E-state index in [1.54, 1.807) is 0 Å². The zero-order valence-corrected chi connectivity index (χ0v) is 13.3. The normalized spacial score (nSPS) is 28.3. The highest BCUT2D eigenvalue weighted by molar-refractivity contribution is 4.89. The largest absolute Gasteiger partial charge is 0.314 e. The predicted octanol–water partition coefficient (Wildman–Crippen LogP) is 3.67. The Balaban J connectivity index is 1.85. The van der Waals surface area contributed by atoms with Crippen LogP contribution in [0.25, 0.3) is 0 Å². The summed E-state index contributed by atoms with van der Waals surface area (Å²) in [5.41, 5.74) is 0. The Morgan fingerprint density at radius 2 is 1.84 bits per heavy atom. The highest BCUT2D eigenvalue weighted by Gasteiger charge is 2.33. The molecule has 0 spiro atoms. The van der Waals surface area contributed by atoms with Crippen LogP contribution in [0.4, 0.5) is 0 Å². The Morgan fingerprint density at radius 1 is 1.11 bits per heavy atom. The Hall–Kier alpha value is -0.0800. The van der Waals surface area contributed by atoms with Crippen LogP contribution < -0.4 is 5.32 Å². The smallest absolute Gasteiger partial charge is 0.0107 e. The van der Waals surface area contributed by atoms with Crippen LogP contribution >= 0.6 is 0 Å². The van der Waals surface area contributed by atoms with Gasteiger partial charge in [0.2, 0.25) is 0 Å². The van der Waals surface area contributed by atoms with E-state index in [4.69, 9.17) is 0 Å². The number of nitrogens with one attached hydrogen (secondary N) is 1. The van der Waals surface area contributed by atoms with Gasteiger partial charge in [-0.1, -0.05) is 33.6 Å². The van der Waals surface area contributed by atoms with E-state index in [9.17, 15) is 0 Å². The van der Waals surface area contributed by atoms with Gasteiger partial charge in [0.1, 0.15) is 0 Å². The molecule has 2 heteroatoms. The van der Waals surface area contributed by atoms with E-state index < -0.39 is 0 Å². The molecule has 2 aliphatic carbocycles. The van der Waals surface area contributed by atoms with E-state index in [-0.39, 0.29) is 0 Å². The Labute approximate surface area is 120 Å². The maximum atomic E-state index is 3.81. The minimum Gasteiger partial charge on any atom is -0.314 e. The van der Waals surface area contributed by atoms with Crippen molar-refractivity contribution in [2.45, 2.75) is 77.8 Å². The molecular formula is C17H34N2. The van der Waals surface area contributed by atoms with Gasteiger partial charge in [-0.25, -0.2) is 0 Å². The van der Waals surface area contributed by atoms with Crippen molar-refractivity contribution >= 4 is 0 Å². The second-order valence-corrected chi connectivity index (χ2v) is 7.18. The molecule has 2 fully saturated rings. The highest BCUT2D eigenvalue weighted by Crippen LogP contribution is 2.32. The molecule has 19 heavy (non-hydrogen) atoms. The predicted molar refractivity (Wildman–Crippen MR) is 83.5 cm³/mol. The zero-order chi connectivity index (χ0) is 13.7. The molecule has 0 amide bonds. The van der Waals surface area contributed by atoms with E-state index in [2.05, 4.69) is 31.0 Å². The van der Waals surface area contributed by atoms with Crippen molar-refractivity contribution in [1.29, 1.82) is 0 Å².